The molecule has 114 valence electrons. The molecule has 0 amide bonds. The van der Waals surface area contributed by atoms with Crippen molar-refractivity contribution in [2.75, 3.05) is 47.3 Å². The molecule has 1 heterocycles. The van der Waals surface area contributed by atoms with Gasteiger partial charge < -0.3 is 15.1 Å². The van der Waals surface area contributed by atoms with Crippen molar-refractivity contribution in [1.82, 2.24) is 20.1 Å². The molecule has 0 aromatic carbocycles. The summed E-state index contributed by atoms with van der Waals surface area (Å²) in [6, 6.07) is 6.65. The molecule has 4 nitrogen and oxygen atoms in total. The normalized spacial score (nSPS) is 13.1. The van der Waals surface area contributed by atoms with E-state index in [1.165, 1.54) is 5.69 Å². The molecule has 20 heavy (non-hydrogen) atoms. The molecule has 4 heteroatoms. The lowest BCUT2D eigenvalue weighted by Crippen LogP contribution is -2.38. The minimum Gasteiger partial charge on any atom is -0.312 e. The van der Waals surface area contributed by atoms with Crippen LogP contribution in [0.4, 0.5) is 0 Å². The van der Waals surface area contributed by atoms with E-state index in [0.29, 0.717) is 6.04 Å². The summed E-state index contributed by atoms with van der Waals surface area (Å²) in [4.78, 5) is 9.00. The molecule has 0 aliphatic carbocycles. The number of hydrogen-bond acceptors (Lipinski definition) is 4. The maximum Gasteiger partial charge on any atom is 0.0419 e. The zero-order chi connectivity index (χ0) is 14.8. The zero-order valence-electron chi connectivity index (χ0n) is 13.5. The van der Waals surface area contributed by atoms with Crippen LogP contribution in [-0.4, -0.2) is 68.1 Å². The van der Waals surface area contributed by atoms with E-state index in [1.807, 2.05) is 12.3 Å². The molecule has 1 N–H and O–H groups in total. The zero-order valence-corrected chi connectivity index (χ0v) is 13.5. The van der Waals surface area contributed by atoms with Gasteiger partial charge in [-0.15, -0.1) is 0 Å². The predicted octanol–water partition coefficient (Wildman–Crippen LogP) is 1.49. The molecule has 0 aliphatic heterocycles. The van der Waals surface area contributed by atoms with Crippen LogP contribution in [0.1, 0.15) is 19.0 Å². The fourth-order valence-electron chi connectivity index (χ4n) is 2.07. The Morgan fingerprint density at radius 3 is 2.55 bits per heavy atom. The molecule has 0 radical (unpaired) electrons. The van der Waals surface area contributed by atoms with E-state index in [2.05, 4.69) is 60.3 Å². The van der Waals surface area contributed by atoms with Crippen molar-refractivity contribution in [2.24, 2.45) is 0 Å². The molecular formula is C16H30N4. The van der Waals surface area contributed by atoms with Crippen molar-refractivity contribution in [3.63, 3.8) is 0 Å². The SMILES string of the molecule is CCC(Cc1ccccn1)NCCN(C)CCN(C)C. The Labute approximate surface area is 124 Å². The van der Waals surface area contributed by atoms with Gasteiger partial charge in [-0.05, 0) is 39.7 Å². The highest BCUT2D eigenvalue weighted by atomic mass is 15.2. The summed E-state index contributed by atoms with van der Waals surface area (Å²) >= 11 is 0. The van der Waals surface area contributed by atoms with E-state index in [1.54, 1.807) is 0 Å². The maximum absolute atomic E-state index is 4.40. The van der Waals surface area contributed by atoms with E-state index in [0.717, 1.165) is 39.0 Å². The highest BCUT2D eigenvalue weighted by molar-refractivity contribution is 5.05. The standard InChI is InChI=1S/C16H30N4/c1-5-15(14-16-8-6-7-9-17-16)18-10-11-20(4)13-12-19(2)3/h6-9,15,18H,5,10-14H2,1-4H3. The molecule has 0 aliphatic rings. The van der Waals surface area contributed by atoms with Crippen LogP contribution in [0.15, 0.2) is 24.4 Å². The predicted molar refractivity (Wildman–Crippen MR) is 86.1 cm³/mol. The Balaban J connectivity index is 2.21. The third kappa shape index (κ3) is 7.58. The average molecular weight is 278 g/mol. The van der Waals surface area contributed by atoms with Gasteiger partial charge in [0.25, 0.3) is 0 Å². The number of nitrogens with zero attached hydrogens (tertiary/aromatic N) is 3. The highest BCUT2D eigenvalue weighted by Crippen LogP contribution is 2.02. The summed E-state index contributed by atoms with van der Waals surface area (Å²) < 4.78 is 0. The molecule has 0 saturated carbocycles. The average Bonchev–Trinajstić information content (AvgIpc) is 2.45. The first-order valence-electron chi connectivity index (χ1n) is 7.58. The molecule has 1 rings (SSSR count). The molecule has 0 fully saturated rings. The second kappa shape index (κ2) is 9.86. The molecule has 1 unspecified atom stereocenters. The van der Waals surface area contributed by atoms with Crippen molar-refractivity contribution < 1.29 is 0 Å². The van der Waals surface area contributed by atoms with Crippen LogP contribution < -0.4 is 5.32 Å². The number of rotatable bonds is 10. The van der Waals surface area contributed by atoms with Gasteiger partial charge in [-0.3, -0.25) is 4.98 Å². The lowest BCUT2D eigenvalue weighted by Gasteiger charge is -2.22. The van der Waals surface area contributed by atoms with Crippen molar-refractivity contribution in [3.05, 3.63) is 30.1 Å². The Kier molecular flexibility index (Phi) is 8.42. The van der Waals surface area contributed by atoms with E-state index in [-0.39, 0.29) is 0 Å². The van der Waals surface area contributed by atoms with Gasteiger partial charge in [-0.25, -0.2) is 0 Å². The Bertz CT molecular complexity index is 340. The van der Waals surface area contributed by atoms with E-state index in [4.69, 9.17) is 0 Å². The molecule has 1 aromatic rings. The smallest absolute Gasteiger partial charge is 0.0419 e. The minimum absolute atomic E-state index is 0.521. The second-order valence-electron chi connectivity index (χ2n) is 5.69. The van der Waals surface area contributed by atoms with Crippen LogP contribution in [0.5, 0.6) is 0 Å². The van der Waals surface area contributed by atoms with Crippen LogP contribution in [0.25, 0.3) is 0 Å². The van der Waals surface area contributed by atoms with Crippen molar-refractivity contribution in [2.45, 2.75) is 25.8 Å². The van der Waals surface area contributed by atoms with Gasteiger partial charge in [0.05, 0.1) is 0 Å². The third-order valence-electron chi connectivity index (χ3n) is 3.53. The van der Waals surface area contributed by atoms with Gasteiger partial charge in [-0.2, -0.15) is 0 Å². The first-order chi connectivity index (χ1) is 9.61. The molecule has 1 aromatic heterocycles. The Hall–Kier alpha value is -0.970. The maximum atomic E-state index is 4.40. The molecule has 0 spiro atoms. The lowest BCUT2D eigenvalue weighted by atomic mass is 10.1. The Morgan fingerprint density at radius 2 is 1.95 bits per heavy atom. The first kappa shape index (κ1) is 17.1. The summed E-state index contributed by atoms with van der Waals surface area (Å²) in [5.74, 6) is 0. The number of pyridine rings is 1. The first-order valence-corrected chi connectivity index (χ1v) is 7.58. The molecule has 0 saturated heterocycles. The van der Waals surface area contributed by atoms with Crippen LogP contribution in [0, 0.1) is 0 Å². The topological polar surface area (TPSA) is 31.4 Å². The van der Waals surface area contributed by atoms with E-state index in [9.17, 15) is 0 Å². The van der Waals surface area contributed by atoms with E-state index >= 15 is 0 Å². The van der Waals surface area contributed by atoms with Gasteiger partial charge in [0.2, 0.25) is 0 Å². The number of nitrogens with one attached hydrogen (secondary N) is 1. The summed E-state index contributed by atoms with van der Waals surface area (Å²) in [6.45, 7) is 6.59. The second-order valence-corrected chi connectivity index (χ2v) is 5.69. The molecular weight excluding hydrogens is 248 g/mol. The summed E-state index contributed by atoms with van der Waals surface area (Å²) in [5, 5.41) is 3.64. The van der Waals surface area contributed by atoms with Gasteiger partial charge in [0, 0.05) is 50.5 Å². The van der Waals surface area contributed by atoms with Crippen LogP contribution in [-0.2, 0) is 6.42 Å². The summed E-state index contributed by atoms with van der Waals surface area (Å²) in [5.41, 5.74) is 1.17. The minimum atomic E-state index is 0.521. The summed E-state index contributed by atoms with van der Waals surface area (Å²) in [7, 11) is 6.42. The van der Waals surface area contributed by atoms with Gasteiger partial charge in [-0.1, -0.05) is 13.0 Å². The number of hydrogen-bond donors (Lipinski definition) is 1. The summed E-state index contributed by atoms with van der Waals surface area (Å²) in [6.07, 6.45) is 4.02. The largest absolute Gasteiger partial charge is 0.312 e. The fraction of sp³-hybridized carbons (Fsp3) is 0.688. The molecule has 0 bridgehead atoms. The van der Waals surface area contributed by atoms with Gasteiger partial charge in [0.15, 0.2) is 0 Å². The van der Waals surface area contributed by atoms with Crippen molar-refractivity contribution in [3.8, 4) is 0 Å². The van der Waals surface area contributed by atoms with E-state index < -0.39 is 0 Å². The van der Waals surface area contributed by atoms with Crippen molar-refractivity contribution in [1.29, 1.82) is 0 Å². The number of aromatic nitrogens is 1. The molecule has 1 atom stereocenters. The fourth-order valence-corrected chi connectivity index (χ4v) is 2.07. The van der Waals surface area contributed by atoms with Crippen LogP contribution in [0.2, 0.25) is 0 Å². The van der Waals surface area contributed by atoms with Gasteiger partial charge >= 0.3 is 0 Å². The lowest BCUT2D eigenvalue weighted by molar-refractivity contribution is 0.277. The Morgan fingerprint density at radius 1 is 1.15 bits per heavy atom. The van der Waals surface area contributed by atoms with Crippen molar-refractivity contribution >= 4 is 0 Å². The van der Waals surface area contributed by atoms with Crippen LogP contribution >= 0.6 is 0 Å². The highest BCUT2D eigenvalue weighted by Gasteiger charge is 2.07. The van der Waals surface area contributed by atoms with Crippen LogP contribution in [0.3, 0.4) is 0 Å². The quantitative estimate of drug-likeness (QED) is 0.702. The van der Waals surface area contributed by atoms with Gasteiger partial charge in [0.1, 0.15) is 0 Å². The monoisotopic (exact) mass is 278 g/mol. The third-order valence-corrected chi connectivity index (χ3v) is 3.53. The number of likely N-dealkylation sites (N-methyl/N-ethyl adjacent to an activating group) is 2.